The summed E-state index contributed by atoms with van der Waals surface area (Å²) in [6.07, 6.45) is 12.4. The van der Waals surface area contributed by atoms with Crippen LogP contribution >= 0.6 is 0 Å². The second-order valence-corrected chi connectivity index (χ2v) is 9.06. The molecule has 24 heavy (non-hydrogen) atoms. The molecule has 0 aromatic carbocycles. The minimum absolute atomic E-state index is 0.0822. The minimum Gasteiger partial charge on any atom is -0.393 e. The van der Waals surface area contributed by atoms with Gasteiger partial charge in [-0.25, -0.2) is 0 Å². The van der Waals surface area contributed by atoms with Crippen molar-refractivity contribution in [3.8, 4) is 0 Å². The summed E-state index contributed by atoms with van der Waals surface area (Å²) in [4.78, 5) is 0. The summed E-state index contributed by atoms with van der Waals surface area (Å²) >= 11 is 0. The van der Waals surface area contributed by atoms with Gasteiger partial charge in [0.05, 0.1) is 18.3 Å². The largest absolute Gasteiger partial charge is 0.393 e. The summed E-state index contributed by atoms with van der Waals surface area (Å²) in [7, 11) is 0. The van der Waals surface area contributed by atoms with E-state index in [2.05, 4.69) is 32.9 Å². The molecule has 0 aromatic rings. The normalized spacial score (nSPS) is 40.7. The Morgan fingerprint density at radius 3 is 2.33 bits per heavy atom. The first kappa shape index (κ1) is 19.9. The van der Waals surface area contributed by atoms with Crippen molar-refractivity contribution in [2.24, 2.45) is 23.2 Å². The molecule has 3 nitrogen and oxygen atoms in total. The van der Waals surface area contributed by atoms with Gasteiger partial charge in [-0.05, 0) is 55.8 Å². The van der Waals surface area contributed by atoms with E-state index in [-0.39, 0.29) is 23.4 Å². The fourth-order valence-corrected chi connectivity index (χ4v) is 4.39. The first-order valence-electron chi connectivity index (χ1n) is 10.0. The Morgan fingerprint density at radius 1 is 1.04 bits per heavy atom. The Morgan fingerprint density at radius 2 is 1.71 bits per heavy atom. The summed E-state index contributed by atoms with van der Waals surface area (Å²) in [6, 6.07) is 0. The maximum Gasteiger partial charge on any atom is 0.0864 e. The van der Waals surface area contributed by atoms with E-state index < -0.39 is 12.2 Å². The average Bonchev–Trinajstić information content (AvgIpc) is 2.81. The lowest BCUT2D eigenvalue weighted by molar-refractivity contribution is 0.00855. The summed E-state index contributed by atoms with van der Waals surface area (Å²) < 4.78 is 0. The Labute approximate surface area is 148 Å². The molecule has 0 amide bonds. The van der Waals surface area contributed by atoms with Crippen LogP contribution < -0.4 is 0 Å². The van der Waals surface area contributed by atoms with Gasteiger partial charge in [-0.3, -0.25) is 0 Å². The molecule has 0 aromatic heterocycles. The van der Waals surface area contributed by atoms with E-state index in [4.69, 9.17) is 0 Å². The molecular formula is C21H38O3. The Balaban J connectivity index is 1.82. The number of unbranched alkanes of at least 4 members (excludes halogenated alkanes) is 1. The SMILES string of the molecule is CC(C)CCCC[C@@H]1C[C@H](/C=C\C2(C)CCC(O)CC2)[C@@H](O)[C@H]1O. The molecule has 2 saturated carbocycles. The van der Waals surface area contributed by atoms with Crippen LogP contribution in [0.1, 0.15) is 78.6 Å². The van der Waals surface area contributed by atoms with Gasteiger partial charge in [-0.2, -0.15) is 0 Å². The van der Waals surface area contributed by atoms with E-state index in [0.717, 1.165) is 50.9 Å². The lowest BCUT2D eigenvalue weighted by Crippen LogP contribution is -2.28. The van der Waals surface area contributed by atoms with Gasteiger partial charge in [0.2, 0.25) is 0 Å². The van der Waals surface area contributed by atoms with Crippen LogP contribution in [0.4, 0.5) is 0 Å². The van der Waals surface area contributed by atoms with Crippen molar-refractivity contribution in [1.29, 1.82) is 0 Å². The summed E-state index contributed by atoms with van der Waals surface area (Å²) in [5, 5.41) is 30.4. The molecule has 0 bridgehead atoms. The summed E-state index contributed by atoms with van der Waals surface area (Å²) in [5.74, 6) is 1.07. The number of aliphatic hydroxyl groups excluding tert-OH is 3. The summed E-state index contributed by atoms with van der Waals surface area (Å²) in [5.41, 5.74) is 0.138. The van der Waals surface area contributed by atoms with E-state index in [1.807, 2.05) is 0 Å². The minimum atomic E-state index is -0.617. The zero-order valence-electron chi connectivity index (χ0n) is 15.8. The highest BCUT2D eigenvalue weighted by Crippen LogP contribution is 2.40. The average molecular weight is 339 g/mol. The van der Waals surface area contributed by atoms with E-state index in [1.165, 1.54) is 12.8 Å². The lowest BCUT2D eigenvalue weighted by atomic mass is 9.74. The Hall–Kier alpha value is -0.380. The van der Waals surface area contributed by atoms with Crippen molar-refractivity contribution in [3.05, 3.63) is 12.2 Å². The third kappa shape index (κ3) is 5.57. The Bertz CT molecular complexity index is 396. The maximum absolute atomic E-state index is 10.4. The number of hydrogen-bond acceptors (Lipinski definition) is 3. The van der Waals surface area contributed by atoms with Gasteiger partial charge in [0.15, 0.2) is 0 Å². The number of rotatable bonds is 7. The van der Waals surface area contributed by atoms with Crippen LogP contribution in [-0.2, 0) is 0 Å². The van der Waals surface area contributed by atoms with Crippen LogP contribution in [0.3, 0.4) is 0 Å². The molecule has 2 fully saturated rings. The molecular weight excluding hydrogens is 300 g/mol. The maximum atomic E-state index is 10.4. The lowest BCUT2D eigenvalue weighted by Gasteiger charge is -2.33. The smallest absolute Gasteiger partial charge is 0.0864 e. The van der Waals surface area contributed by atoms with Crippen molar-refractivity contribution in [1.82, 2.24) is 0 Å². The second-order valence-electron chi connectivity index (χ2n) is 9.06. The van der Waals surface area contributed by atoms with E-state index in [9.17, 15) is 15.3 Å². The molecule has 0 aliphatic heterocycles. The van der Waals surface area contributed by atoms with Gasteiger partial charge in [-0.15, -0.1) is 0 Å². The van der Waals surface area contributed by atoms with Crippen molar-refractivity contribution >= 4 is 0 Å². The van der Waals surface area contributed by atoms with Gasteiger partial charge in [0.25, 0.3) is 0 Å². The molecule has 0 spiro atoms. The molecule has 0 saturated heterocycles. The molecule has 3 heteroatoms. The zero-order valence-corrected chi connectivity index (χ0v) is 15.8. The molecule has 0 unspecified atom stereocenters. The fourth-order valence-electron chi connectivity index (χ4n) is 4.39. The Kier molecular flexibility index (Phi) is 7.33. The zero-order chi connectivity index (χ0) is 17.7. The first-order chi connectivity index (χ1) is 11.3. The third-order valence-electron chi connectivity index (χ3n) is 6.30. The highest BCUT2D eigenvalue weighted by molar-refractivity contribution is 5.07. The summed E-state index contributed by atoms with van der Waals surface area (Å²) in [6.45, 7) is 6.75. The fraction of sp³-hybridized carbons (Fsp3) is 0.905. The monoisotopic (exact) mass is 338 g/mol. The van der Waals surface area contributed by atoms with E-state index in [0.29, 0.717) is 0 Å². The molecule has 2 aliphatic rings. The molecule has 2 aliphatic carbocycles. The standard InChI is InChI=1S/C21H38O3/c1-15(2)6-4-5-7-16-14-17(20(24)19(16)23)8-11-21(3)12-9-18(22)10-13-21/h8,11,15-20,22-24H,4-7,9-10,12-14H2,1-3H3/b11-8-/t16-,17+,18?,19+,20-,21?/m1/s1. The van der Waals surface area contributed by atoms with E-state index in [1.54, 1.807) is 0 Å². The number of hydrogen-bond donors (Lipinski definition) is 3. The van der Waals surface area contributed by atoms with Gasteiger partial charge in [0.1, 0.15) is 0 Å². The van der Waals surface area contributed by atoms with Crippen molar-refractivity contribution in [2.45, 2.75) is 96.9 Å². The van der Waals surface area contributed by atoms with Crippen molar-refractivity contribution < 1.29 is 15.3 Å². The molecule has 4 atom stereocenters. The predicted molar refractivity (Wildman–Crippen MR) is 98.6 cm³/mol. The van der Waals surface area contributed by atoms with Crippen molar-refractivity contribution in [3.63, 3.8) is 0 Å². The molecule has 0 heterocycles. The quantitative estimate of drug-likeness (QED) is 0.484. The van der Waals surface area contributed by atoms with Crippen LogP contribution in [0.2, 0.25) is 0 Å². The second kappa shape index (κ2) is 8.82. The van der Waals surface area contributed by atoms with Gasteiger partial charge < -0.3 is 15.3 Å². The van der Waals surface area contributed by atoms with Crippen LogP contribution in [0.5, 0.6) is 0 Å². The van der Waals surface area contributed by atoms with Crippen LogP contribution in [0.25, 0.3) is 0 Å². The highest BCUT2D eigenvalue weighted by atomic mass is 16.3. The third-order valence-corrected chi connectivity index (χ3v) is 6.30. The topological polar surface area (TPSA) is 60.7 Å². The van der Waals surface area contributed by atoms with Crippen LogP contribution in [-0.4, -0.2) is 33.6 Å². The first-order valence-corrected chi connectivity index (χ1v) is 10.0. The predicted octanol–water partition coefficient (Wildman–Crippen LogP) is 4.06. The van der Waals surface area contributed by atoms with Crippen LogP contribution in [0.15, 0.2) is 12.2 Å². The van der Waals surface area contributed by atoms with Crippen LogP contribution in [0, 0.1) is 23.2 Å². The van der Waals surface area contributed by atoms with Gasteiger partial charge >= 0.3 is 0 Å². The molecule has 0 radical (unpaired) electrons. The highest BCUT2D eigenvalue weighted by Gasteiger charge is 2.40. The number of allylic oxidation sites excluding steroid dienone is 1. The van der Waals surface area contributed by atoms with Gasteiger partial charge in [0, 0.05) is 5.92 Å². The van der Waals surface area contributed by atoms with Crippen molar-refractivity contribution in [2.75, 3.05) is 0 Å². The van der Waals surface area contributed by atoms with E-state index >= 15 is 0 Å². The molecule has 140 valence electrons. The molecule has 2 rings (SSSR count). The number of aliphatic hydroxyl groups is 3. The molecule has 3 N–H and O–H groups in total. The van der Waals surface area contributed by atoms with Gasteiger partial charge in [-0.1, -0.05) is 52.2 Å².